The van der Waals surface area contributed by atoms with Crippen LogP contribution in [0.2, 0.25) is 0 Å². The first-order valence-electron chi connectivity index (χ1n) is 7.05. The Kier molecular flexibility index (Phi) is 3.22. The maximum absolute atomic E-state index is 12.1. The molecule has 1 saturated carbocycles. The van der Waals surface area contributed by atoms with Crippen LogP contribution >= 0.6 is 0 Å². The molecule has 6 heteroatoms. The zero-order chi connectivity index (χ0) is 13.5. The summed E-state index contributed by atoms with van der Waals surface area (Å²) < 4.78 is 5.72. The Bertz CT molecular complexity index is 393. The predicted octanol–water partition coefficient (Wildman–Crippen LogP) is 0.182. The number of morpholine rings is 1. The first kappa shape index (κ1) is 12.9. The Morgan fingerprint density at radius 2 is 2.11 bits per heavy atom. The van der Waals surface area contributed by atoms with Gasteiger partial charge >= 0.3 is 6.03 Å². The van der Waals surface area contributed by atoms with Crippen molar-refractivity contribution in [2.75, 3.05) is 33.3 Å². The zero-order valence-electron chi connectivity index (χ0n) is 11.4. The summed E-state index contributed by atoms with van der Waals surface area (Å²) in [5.74, 6) is -0.112. The summed E-state index contributed by atoms with van der Waals surface area (Å²) in [6, 6.07) is -0.247. The van der Waals surface area contributed by atoms with E-state index < -0.39 is 5.54 Å². The number of hydrogen-bond donors (Lipinski definition) is 1. The van der Waals surface area contributed by atoms with E-state index in [-0.39, 0.29) is 18.0 Å². The molecule has 0 radical (unpaired) electrons. The molecule has 2 heterocycles. The number of carbonyl (C=O) groups excluding carboxylic acids is 2. The van der Waals surface area contributed by atoms with Crippen molar-refractivity contribution >= 4 is 11.9 Å². The molecular formula is C13H21N3O3. The number of amides is 3. The van der Waals surface area contributed by atoms with Gasteiger partial charge < -0.3 is 14.5 Å². The van der Waals surface area contributed by atoms with Gasteiger partial charge in [0.2, 0.25) is 0 Å². The van der Waals surface area contributed by atoms with Gasteiger partial charge in [0.25, 0.3) is 5.91 Å². The Balaban J connectivity index is 1.74. The van der Waals surface area contributed by atoms with E-state index in [4.69, 9.17) is 4.74 Å². The quantitative estimate of drug-likeness (QED) is 0.725. The van der Waals surface area contributed by atoms with Crippen LogP contribution in [0.1, 0.15) is 25.7 Å². The molecular weight excluding hydrogens is 246 g/mol. The highest BCUT2D eigenvalue weighted by Gasteiger charge is 2.54. The van der Waals surface area contributed by atoms with Crippen molar-refractivity contribution in [2.45, 2.75) is 37.3 Å². The van der Waals surface area contributed by atoms with Gasteiger partial charge in [0, 0.05) is 13.1 Å². The van der Waals surface area contributed by atoms with E-state index in [0.717, 1.165) is 38.8 Å². The highest BCUT2D eigenvalue weighted by atomic mass is 16.5. The highest BCUT2D eigenvalue weighted by Crippen LogP contribution is 2.38. The Morgan fingerprint density at radius 1 is 1.37 bits per heavy atom. The number of hydrogen-bond acceptors (Lipinski definition) is 4. The van der Waals surface area contributed by atoms with Crippen molar-refractivity contribution in [3.05, 3.63) is 0 Å². The van der Waals surface area contributed by atoms with E-state index in [9.17, 15) is 9.59 Å². The zero-order valence-corrected chi connectivity index (χ0v) is 11.4. The number of nitrogens with zero attached hydrogens (tertiary/aromatic N) is 2. The van der Waals surface area contributed by atoms with Gasteiger partial charge in [-0.25, -0.2) is 4.79 Å². The van der Waals surface area contributed by atoms with Crippen LogP contribution in [0.4, 0.5) is 4.79 Å². The molecule has 1 N–H and O–H groups in total. The lowest BCUT2D eigenvalue weighted by Crippen LogP contribution is -2.53. The van der Waals surface area contributed by atoms with Crippen LogP contribution < -0.4 is 5.32 Å². The molecule has 0 bridgehead atoms. The maximum Gasteiger partial charge on any atom is 0.325 e. The molecule has 3 aliphatic rings. The van der Waals surface area contributed by atoms with Crippen molar-refractivity contribution in [2.24, 2.45) is 0 Å². The number of nitrogens with one attached hydrogen (secondary N) is 1. The molecule has 19 heavy (non-hydrogen) atoms. The van der Waals surface area contributed by atoms with E-state index >= 15 is 0 Å². The fourth-order valence-corrected chi connectivity index (χ4v) is 3.49. The van der Waals surface area contributed by atoms with Crippen molar-refractivity contribution in [3.8, 4) is 0 Å². The van der Waals surface area contributed by atoms with Crippen LogP contribution in [0.15, 0.2) is 0 Å². The maximum atomic E-state index is 12.1. The van der Waals surface area contributed by atoms with Crippen LogP contribution in [0, 0.1) is 0 Å². The molecule has 6 nitrogen and oxygen atoms in total. The van der Waals surface area contributed by atoms with Crippen LogP contribution in [-0.2, 0) is 9.53 Å². The minimum atomic E-state index is -0.587. The van der Waals surface area contributed by atoms with E-state index in [2.05, 4.69) is 17.3 Å². The molecule has 2 saturated heterocycles. The SMILES string of the molecule is CN1CCOC(CN2C(=O)NC(=O)C23CCCC3)C1. The van der Waals surface area contributed by atoms with E-state index in [1.165, 1.54) is 0 Å². The average Bonchev–Trinajstić information content (AvgIpc) is 2.93. The van der Waals surface area contributed by atoms with Crippen molar-refractivity contribution in [1.29, 1.82) is 0 Å². The van der Waals surface area contributed by atoms with Crippen LogP contribution in [0.25, 0.3) is 0 Å². The largest absolute Gasteiger partial charge is 0.374 e. The third kappa shape index (κ3) is 2.12. The summed E-state index contributed by atoms with van der Waals surface area (Å²) in [6.07, 6.45) is 3.61. The predicted molar refractivity (Wildman–Crippen MR) is 68.7 cm³/mol. The number of imide groups is 1. The van der Waals surface area contributed by atoms with Gasteiger partial charge in [-0.05, 0) is 19.9 Å². The summed E-state index contributed by atoms with van der Waals surface area (Å²) in [6.45, 7) is 2.94. The molecule has 1 aliphatic carbocycles. The number of rotatable bonds is 2. The Hall–Kier alpha value is -1.14. The lowest BCUT2D eigenvalue weighted by atomic mass is 9.95. The highest BCUT2D eigenvalue weighted by molar-refractivity contribution is 6.07. The van der Waals surface area contributed by atoms with Crippen LogP contribution in [0.3, 0.4) is 0 Å². The topological polar surface area (TPSA) is 61.9 Å². The summed E-state index contributed by atoms with van der Waals surface area (Å²) >= 11 is 0. The standard InChI is InChI=1S/C13H21N3O3/c1-15-6-7-19-10(8-15)9-16-12(18)14-11(17)13(16)4-2-3-5-13/h10H,2-9H2,1H3,(H,14,17,18). The van der Waals surface area contributed by atoms with E-state index in [1.54, 1.807) is 4.90 Å². The van der Waals surface area contributed by atoms with Gasteiger partial charge in [-0.2, -0.15) is 0 Å². The van der Waals surface area contributed by atoms with Crippen molar-refractivity contribution in [1.82, 2.24) is 15.1 Å². The number of likely N-dealkylation sites (N-methyl/N-ethyl adjacent to an activating group) is 1. The third-order valence-corrected chi connectivity index (χ3v) is 4.56. The van der Waals surface area contributed by atoms with E-state index in [1.807, 2.05) is 0 Å². The Morgan fingerprint density at radius 3 is 2.79 bits per heavy atom. The molecule has 3 rings (SSSR count). The normalized spacial score (nSPS) is 31.2. The lowest BCUT2D eigenvalue weighted by molar-refractivity contribution is -0.127. The summed E-state index contributed by atoms with van der Waals surface area (Å²) in [5, 5.41) is 2.48. The van der Waals surface area contributed by atoms with E-state index in [0.29, 0.717) is 13.2 Å². The van der Waals surface area contributed by atoms with Crippen LogP contribution in [-0.4, -0.2) is 66.7 Å². The fraction of sp³-hybridized carbons (Fsp3) is 0.846. The number of urea groups is 1. The molecule has 106 valence electrons. The molecule has 0 aromatic heterocycles. The first-order valence-corrected chi connectivity index (χ1v) is 7.05. The monoisotopic (exact) mass is 267 g/mol. The lowest BCUT2D eigenvalue weighted by Gasteiger charge is -2.37. The van der Waals surface area contributed by atoms with Crippen molar-refractivity contribution < 1.29 is 14.3 Å². The van der Waals surface area contributed by atoms with Gasteiger partial charge in [-0.1, -0.05) is 12.8 Å². The minimum Gasteiger partial charge on any atom is -0.374 e. The summed E-state index contributed by atoms with van der Waals surface area (Å²) in [7, 11) is 2.05. The summed E-state index contributed by atoms with van der Waals surface area (Å²) in [4.78, 5) is 28.1. The molecule has 0 aromatic carbocycles. The molecule has 3 amide bonds. The molecule has 0 aromatic rings. The average molecular weight is 267 g/mol. The second kappa shape index (κ2) is 4.76. The molecule has 1 unspecified atom stereocenters. The van der Waals surface area contributed by atoms with Gasteiger partial charge in [0.1, 0.15) is 5.54 Å². The number of carbonyl (C=O) groups is 2. The number of ether oxygens (including phenoxy) is 1. The third-order valence-electron chi connectivity index (χ3n) is 4.56. The van der Waals surface area contributed by atoms with Crippen molar-refractivity contribution in [3.63, 3.8) is 0 Å². The van der Waals surface area contributed by atoms with Gasteiger partial charge in [0.05, 0.1) is 19.3 Å². The fourth-order valence-electron chi connectivity index (χ4n) is 3.49. The van der Waals surface area contributed by atoms with Crippen LogP contribution in [0.5, 0.6) is 0 Å². The molecule has 1 atom stereocenters. The Labute approximate surface area is 113 Å². The first-order chi connectivity index (χ1) is 9.12. The molecule has 3 fully saturated rings. The smallest absolute Gasteiger partial charge is 0.325 e. The summed E-state index contributed by atoms with van der Waals surface area (Å²) in [5.41, 5.74) is -0.587. The molecule has 2 aliphatic heterocycles. The van der Waals surface area contributed by atoms with Gasteiger partial charge in [-0.15, -0.1) is 0 Å². The second-order valence-corrected chi connectivity index (χ2v) is 5.86. The van der Waals surface area contributed by atoms with Gasteiger partial charge in [0.15, 0.2) is 0 Å². The molecule has 1 spiro atoms. The minimum absolute atomic E-state index is 0.00729. The van der Waals surface area contributed by atoms with Gasteiger partial charge in [-0.3, -0.25) is 10.1 Å². The second-order valence-electron chi connectivity index (χ2n) is 5.86.